The van der Waals surface area contributed by atoms with E-state index >= 15 is 0 Å². The average Bonchev–Trinajstić information content (AvgIpc) is 3.07. The van der Waals surface area contributed by atoms with Crippen molar-refractivity contribution in [3.05, 3.63) is 77.4 Å². The number of hydrogen-bond acceptors (Lipinski definition) is 1. The maximum Gasteiger partial charge on any atom is 0.318 e. The van der Waals surface area contributed by atoms with Gasteiger partial charge in [-0.2, -0.15) is 0 Å². The van der Waals surface area contributed by atoms with Gasteiger partial charge in [0.1, 0.15) is 11.6 Å². The summed E-state index contributed by atoms with van der Waals surface area (Å²) in [6, 6.07) is 12.4. The number of nitrogens with zero attached hydrogens (tertiary/aromatic N) is 1. The maximum atomic E-state index is 14.2. The molecule has 0 aliphatic carbocycles. The van der Waals surface area contributed by atoms with Crippen LogP contribution in [0.3, 0.4) is 0 Å². The Morgan fingerprint density at radius 1 is 1.19 bits per heavy atom. The smallest absolute Gasteiger partial charge is 0.318 e. The van der Waals surface area contributed by atoms with Gasteiger partial charge in [-0.15, -0.1) is 0 Å². The van der Waals surface area contributed by atoms with Gasteiger partial charge in [-0.25, -0.2) is 13.6 Å². The van der Waals surface area contributed by atoms with Gasteiger partial charge in [-0.1, -0.05) is 50.3 Å². The molecule has 1 atom stereocenters. The summed E-state index contributed by atoms with van der Waals surface area (Å²) >= 11 is 0. The van der Waals surface area contributed by atoms with E-state index in [0.717, 1.165) is 17.7 Å². The number of rotatable bonds is 4. The second kappa shape index (κ2) is 7.68. The Hall–Kier alpha value is -2.69. The van der Waals surface area contributed by atoms with Gasteiger partial charge in [-0.05, 0) is 35.3 Å². The minimum atomic E-state index is -0.499. The third-order valence-corrected chi connectivity index (χ3v) is 4.37. The summed E-state index contributed by atoms with van der Waals surface area (Å²) in [5.41, 5.74) is 1.74. The number of carbonyl (C=O) groups is 1. The number of benzene rings is 2. The minimum absolute atomic E-state index is 0.199. The fraction of sp³-hybridized carbons (Fsp3) is 0.286. The Kier molecular flexibility index (Phi) is 5.35. The molecule has 136 valence electrons. The van der Waals surface area contributed by atoms with Crippen molar-refractivity contribution < 1.29 is 13.6 Å². The first-order valence-corrected chi connectivity index (χ1v) is 8.71. The molecule has 1 aliphatic heterocycles. The van der Waals surface area contributed by atoms with Gasteiger partial charge in [0, 0.05) is 18.7 Å². The molecule has 0 bridgehead atoms. The molecule has 0 fully saturated rings. The van der Waals surface area contributed by atoms with Crippen LogP contribution >= 0.6 is 0 Å². The van der Waals surface area contributed by atoms with Crippen molar-refractivity contribution in [2.75, 3.05) is 13.1 Å². The van der Waals surface area contributed by atoms with E-state index < -0.39 is 11.6 Å². The van der Waals surface area contributed by atoms with Gasteiger partial charge in [-0.3, -0.25) is 0 Å². The fourth-order valence-electron chi connectivity index (χ4n) is 3.05. The molecule has 1 aliphatic rings. The van der Waals surface area contributed by atoms with Crippen molar-refractivity contribution in [1.82, 2.24) is 10.2 Å². The highest BCUT2D eigenvalue weighted by molar-refractivity contribution is 5.82. The van der Waals surface area contributed by atoms with E-state index in [1.807, 2.05) is 50.3 Å². The van der Waals surface area contributed by atoms with Crippen molar-refractivity contribution in [2.24, 2.45) is 5.92 Å². The lowest BCUT2D eigenvalue weighted by atomic mass is 10.0. The quantitative estimate of drug-likeness (QED) is 0.841. The molecule has 3 nitrogen and oxygen atoms in total. The van der Waals surface area contributed by atoms with Gasteiger partial charge in [0.25, 0.3) is 0 Å². The zero-order valence-electron chi connectivity index (χ0n) is 14.9. The van der Waals surface area contributed by atoms with Gasteiger partial charge >= 0.3 is 6.03 Å². The molecule has 2 amide bonds. The monoisotopic (exact) mass is 356 g/mol. The zero-order valence-corrected chi connectivity index (χ0v) is 14.9. The Morgan fingerprint density at radius 2 is 1.92 bits per heavy atom. The van der Waals surface area contributed by atoms with Crippen LogP contribution in [-0.4, -0.2) is 24.0 Å². The Labute approximate surface area is 152 Å². The summed E-state index contributed by atoms with van der Waals surface area (Å²) in [7, 11) is 0. The van der Waals surface area contributed by atoms with Crippen molar-refractivity contribution in [3.8, 4) is 0 Å². The number of halogens is 2. The third kappa shape index (κ3) is 3.93. The van der Waals surface area contributed by atoms with E-state index in [2.05, 4.69) is 5.32 Å². The topological polar surface area (TPSA) is 32.3 Å². The summed E-state index contributed by atoms with van der Waals surface area (Å²) in [6.07, 6.45) is 1.84. The third-order valence-electron chi connectivity index (χ3n) is 4.37. The standard InChI is InChI=1S/C21H22F2N2O/c1-14(2)12-24-21(26)25-13-16(18-11-17(22)8-9-19(18)23)10-20(25)15-6-4-3-5-7-15/h3-11,14,20H,12-13H2,1-2H3,(H,24,26)/t20-/m0/s1. The highest BCUT2D eigenvalue weighted by atomic mass is 19.1. The van der Waals surface area contributed by atoms with Gasteiger partial charge < -0.3 is 10.2 Å². The highest BCUT2D eigenvalue weighted by Gasteiger charge is 2.31. The second-order valence-electron chi connectivity index (χ2n) is 6.88. The molecule has 0 saturated heterocycles. The molecule has 0 saturated carbocycles. The van der Waals surface area contributed by atoms with Crippen LogP contribution in [-0.2, 0) is 0 Å². The van der Waals surface area contributed by atoms with Crippen molar-refractivity contribution in [1.29, 1.82) is 0 Å². The molecule has 0 spiro atoms. The van der Waals surface area contributed by atoms with Gasteiger partial charge in [0.15, 0.2) is 0 Å². The Morgan fingerprint density at radius 3 is 2.62 bits per heavy atom. The maximum absolute atomic E-state index is 14.2. The second-order valence-corrected chi connectivity index (χ2v) is 6.88. The van der Waals surface area contributed by atoms with Crippen LogP contribution in [0.4, 0.5) is 13.6 Å². The molecule has 1 heterocycles. The first-order chi connectivity index (χ1) is 12.5. The van der Waals surface area contributed by atoms with Crippen LogP contribution in [0.15, 0.2) is 54.6 Å². The summed E-state index contributed by atoms with van der Waals surface area (Å²) < 4.78 is 27.8. The molecule has 0 radical (unpaired) electrons. The lowest BCUT2D eigenvalue weighted by Gasteiger charge is -2.26. The van der Waals surface area contributed by atoms with E-state index in [9.17, 15) is 13.6 Å². The first kappa shape index (κ1) is 18.1. The van der Waals surface area contributed by atoms with Crippen molar-refractivity contribution in [3.63, 3.8) is 0 Å². The van der Waals surface area contributed by atoms with Crippen LogP contribution in [0, 0.1) is 17.6 Å². The fourth-order valence-corrected chi connectivity index (χ4v) is 3.05. The molecular weight excluding hydrogens is 334 g/mol. The molecule has 0 aromatic heterocycles. The summed E-state index contributed by atoms with van der Waals surface area (Å²) in [6.45, 7) is 4.82. The largest absolute Gasteiger partial charge is 0.338 e. The van der Waals surface area contributed by atoms with E-state index in [1.165, 1.54) is 6.07 Å². The van der Waals surface area contributed by atoms with Crippen LogP contribution in [0.2, 0.25) is 0 Å². The molecule has 3 rings (SSSR count). The van der Waals surface area contributed by atoms with Crippen molar-refractivity contribution in [2.45, 2.75) is 19.9 Å². The summed E-state index contributed by atoms with van der Waals surface area (Å²) in [4.78, 5) is 14.3. The number of amides is 2. The average molecular weight is 356 g/mol. The Balaban J connectivity index is 1.93. The van der Waals surface area contributed by atoms with E-state index in [1.54, 1.807) is 4.90 Å². The Bertz CT molecular complexity index is 818. The molecular formula is C21H22F2N2O. The van der Waals surface area contributed by atoms with Gasteiger partial charge in [0.2, 0.25) is 0 Å². The lowest BCUT2D eigenvalue weighted by Crippen LogP contribution is -2.41. The van der Waals surface area contributed by atoms with E-state index in [-0.39, 0.29) is 24.2 Å². The van der Waals surface area contributed by atoms with E-state index in [0.29, 0.717) is 18.0 Å². The highest BCUT2D eigenvalue weighted by Crippen LogP contribution is 2.35. The van der Waals surface area contributed by atoms with Crippen LogP contribution < -0.4 is 5.32 Å². The number of hydrogen-bond donors (Lipinski definition) is 1. The van der Waals surface area contributed by atoms with E-state index in [4.69, 9.17) is 0 Å². The normalized spacial score (nSPS) is 16.7. The molecule has 1 N–H and O–H groups in total. The van der Waals surface area contributed by atoms with Crippen molar-refractivity contribution >= 4 is 11.6 Å². The summed E-state index contributed by atoms with van der Waals surface area (Å²) in [5, 5.41) is 2.91. The van der Waals surface area contributed by atoms with Crippen LogP contribution in [0.25, 0.3) is 5.57 Å². The molecule has 2 aromatic carbocycles. The predicted octanol–water partition coefficient (Wildman–Crippen LogP) is 4.77. The van der Waals surface area contributed by atoms with Gasteiger partial charge in [0.05, 0.1) is 6.04 Å². The predicted molar refractivity (Wildman–Crippen MR) is 98.5 cm³/mol. The van der Waals surface area contributed by atoms with Crippen LogP contribution in [0.1, 0.15) is 31.0 Å². The number of carbonyl (C=O) groups excluding carboxylic acids is 1. The van der Waals surface area contributed by atoms with Crippen LogP contribution in [0.5, 0.6) is 0 Å². The number of urea groups is 1. The minimum Gasteiger partial charge on any atom is -0.338 e. The molecule has 2 aromatic rings. The molecule has 5 heteroatoms. The molecule has 0 unspecified atom stereocenters. The summed E-state index contributed by atoms with van der Waals surface area (Å²) in [5.74, 6) is -0.667. The molecule has 26 heavy (non-hydrogen) atoms. The SMILES string of the molecule is CC(C)CNC(=O)N1CC(c2cc(F)ccc2F)=C[C@H]1c1ccccc1. The lowest BCUT2D eigenvalue weighted by molar-refractivity contribution is 0.196. The first-order valence-electron chi connectivity index (χ1n) is 8.71. The zero-order chi connectivity index (χ0) is 18.7. The number of nitrogens with one attached hydrogen (secondary N) is 1.